The second-order valence-electron chi connectivity index (χ2n) is 4.73. The second-order valence-corrected chi connectivity index (χ2v) is 4.73. The Hall–Kier alpha value is -1.36. The Bertz CT molecular complexity index is 290. The molecule has 0 rings (SSSR count). The number of carboxylic acids is 1. The van der Waals surface area contributed by atoms with Crippen LogP contribution in [0.4, 0.5) is 0 Å². The van der Waals surface area contributed by atoms with Gasteiger partial charge in [0.25, 0.3) is 0 Å². The minimum Gasteiger partial charge on any atom is -0.480 e. The van der Waals surface area contributed by atoms with Gasteiger partial charge in [0, 0.05) is 12.0 Å². The zero-order chi connectivity index (χ0) is 14.1. The van der Waals surface area contributed by atoms with Crippen molar-refractivity contribution in [2.75, 3.05) is 0 Å². The molecule has 0 heterocycles. The van der Waals surface area contributed by atoms with Crippen LogP contribution in [-0.2, 0) is 9.59 Å². The maximum atomic E-state index is 11.8. The fourth-order valence-corrected chi connectivity index (χ4v) is 1.58. The van der Waals surface area contributed by atoms with Crippen molar-refractivity contribution in [3.63, 3.8) is 0 Å². The van der Waals surface area contributed by atoms with Gasteiger partial charge in [-0.15, -0.1) is 6.58 Å². The van der Waals surface area contributed by atoms with E-state index in [4.69, 9.17) is 10.8 Å². The average Bonchev–Trinajstić information content (AvgIpc) is 2.27. The number of carbonyl (C=O) groups is 2. The van der Waals surface area contributed by atoms with Gasteiger partial charge in [-0.2, -0.15) is 0 Å². The number of nitrogens with one attached hydrogen (secondary N) is 1. The summed E-state index contributed by atoms with van der Waals surface area (Å²) < 4.78 is 0. The fourth-order valence-electron chi connectivity index (χ4n) is 1.58. The molecule has 0 saturated heterocycles. The van der Waals surface area contributed by atoms with Gasteiger partial charge in [-0.25, -0.2) is 4.79 Å². The summed E-state index contributed by atoms with van der Waals surface area (Å²) in [5.74, 6) is -1.46. The number of nitrogens with two attached hydrogens (primary N) is 1. The van der Waals surface area contributed by atoms with Crippen LogP contribution >= 0.6 is 0 Å². The van der Waals surface area contributed by atoms with Crippen molar-refractivity contribution in [1.82, 2.24) is 5.32 Å². The highest BCUT2D eigenvalue weighted by Gasteiger charge is 2.21. The van der Waals surface area contributed by atoms with Crippen LogP contribution in [0.2, 0.25) is 0 Å². The lowest BCUT2D eigenvalue weighted by Gasteiger charge is -2.17. The highest BCUT2D eigenvalue weighted by atomic mass is 16.4. The first-order valence-corrected chi connectivity index (χ1v) is 6.28. The molecule has 0 aromatic heterocycles. The Kier molecular flexibility index (Phi) is 8.03. The molecule has 3 atom stereocenters. The van der Waals surface area contributed by atoms with Gasteiger partial charge in [-0.05, 0) is 26.2 Å². The second kappa shape index (κ2) is 8.69. The summed E-state index contributed by atoms with van der Waals surface area (Å²) in [7, 11) is 0. The van der Waals surface area contributed by atoms with Gasteiger partial charge in [-0.3, -0.25) is 4.79 Å². The molecular weight excluding hydrogens is 232 g/mol. The first kappa shape index (κ1) is 16.6. The predicted octanol–water partition coefficient (Wildman–Crippen LogP) is 1.29. The molecule has 1 amide bonds. The molecule has 0 bridgehead atoms. The topological polar surface area (TPSA) is 92.4 Å². The Morgan fingerprint density at radius 1 is 1.39 bits per heavy atom. The quantitative estimate of drug-likeness (QED) is 0.542. The molecule has 4 N–H and O–H groups in total. The van der Waals surface area contributed by atoms with E-state index in [1.807, 2.05) is 6.92 Å². The molecule has 0 spiro atoms. The molecule has 18 heavy (non-hydrogen) atoms. The third-order valence-corrected chi connectivity index (χ3v) is 2.76. The van der Waals surface area contributed by atoms with Crippen LogP contribution in [0.1, 0.15) is 39.5 Å². The molecule has 0 aliphatic carbocycles. The van der Waals surface area contributed by atoms with Crippen LogP contribution in [0.15, 0.2) is 12.7 Å². The largest absolute Gasteiger partial charge is 0.480 e. The summed E-state index contributed by atoms with van der Waals surface area (Å²) in [5, 5.41) is 11.4. The third kappa shape index (κ3) is 7.06. The Balaban J connectivity index is 4.12. The van der Waals surface area contributed by atoms with Crippen molar-refractivity contribution >= 4 is 11.9 Å². The van der Waals surface area contributed by atoms with Gasteiger partial charge in [0.2, 0.25) is 5.91 Å². The van der Waals surface area contributed by atoms with Gasteiger partial charge >= 0.3 is 5.97 Å². The molecule has 0 aromatic rings. The maximum Gasteiger partial charge on any atom is 0.326 e. The SMILES string of the molecule is C=CCC(NC(=O)C(C)CCCC(C)N)C(=O)O. The molecule has 0 saturated carbocycles. The molecular formula is C13H24N2O3. The van der Waals surface area contributed by atoms with Gasteiger partial charge in [0.1, 0.15) is 6.04 Å². The molecule has 3 unspecified atom stereocenters. The third-order valence-electron chi connectivity index (χ3n) is 2.76. The molecule has 5 heteroatoms. The van der Waals surface area contributed by atoms with E-state index in [0.29, 0.717) is 6.42 Å². The number of rotatable bonds is 9. The number of amides is 1. The Morgan fingerprint density at radius 2 is 2.00 bits per heavy atom. The lowest BCUT2D eigenvalue weighted by molar-refractivity contribution is -0.142. The number of hydrogen-bond acceptors (Lipinski definition) is 3. The van der Waals surface area contributed by atoms with E-state index in [9.17, 15) is 9.59 Å². The van der Waals surface area contributed by atoms with E-state index in [1.54, 1.807) is 6.92 Å². The summed E-state index contributed by atoms with van der Waals surface area (Å²) in [6, 6.07) is -0.751. The first-order chi connectivity index (χ1) is 8.38. The highest BCUT2D eigenvalue weighted by molar-refractivity contribution is 5.84. The van der Waals surface area contributed by atoms with Gasteiger partial charge in [-0.1, -0.05) is 19.4 Å². The number of carbonyl (C=O) groups excluding carboxylic acids is 1. The van der Waals surface area contributed by atoms with Crippen molar-refractivity contribution in [2.45, 2.75) is 51.6 Å². The number of aliphatic carboxylic acids is 1. The summed E-state index contributed by atoms with van der Waals surface area (Å²) in [4.78, 5) is 22.6. The first-order valence-electron chi connectivity index (χ1n) is 6.28. The highest BCUT2D eigenvalue weighted by Crippen LogP contribution is 2.10. The van der Waals surface area contributed by atoms with E-state index in [2.05, 4.69) is 11.9 Å². The molecule has 0 aliphatic heterocycles. The van der Waals surface area contributed by atoms with Gasteiger partial charge < -0.3 is 16.2 Å². The zero-order valence-electron chi connectivity index (χ0n) is 11.2. The maximum absolute atomic E-state index is 11.8. The molecule has 0 aromatic carbocycles. The predicted molar refractivity (Wildman–Crippen MR) is 71.0 cm³/mol. The van der Waals surface area contributed by atoms with E-state index in [-0.39, 0.29) is 24.3 Å². The van der Waals surface area contributed by atoms with Gasteiger partial charge in [0.15, 0.2) is 0 Å². The fraction of sp³-hybridized carbons (Fsp3) is 0.692. The average molecular weight is 256 g/mol. The van der Waals surface area contributed by atoms with Crippen molar-refractivity contribution in [3.05, 3.63) is 12.7 Å². The number of hydrogen-bond donors (Lipinski definition) is 3. The van der Waals surface area contributed by atoms with Crippen LogP contribution in [0, 0.1) is 5.92 Å². The van der Waals surface area contributed by atoms with Crippen molar-refractivity contribution in [2.24, 2.45) is 11.7 Å². The summed E-state index contributed by atoms with van der Waals surface area (Å²) in [6.07, 6.45) is 4.17. The zero-order valence-corrected chi connectivity index (χ0v) is 11.2. The molecule has 0 fully saturated rings. The molecule has 0 aliphatic rings. The van der Waals surface area contributed by atoms with Crippen molar-refractivity contribution in [1.29, 1.82) is 0 Å². The van der Waals surface area contributed by atoms with Crippen molar-refractivity contribution in [3.8, 4) is 0 Å². The summed E-state index contributed by atoms with van der Waals surface area (Å²) >= 11 is 0. The lowest BCUT2D eigenvalue weighted by Crippen LogP contribution is -2.42. The van der Waals surface area contributed by atoms with Crippen molar-refractivity contribution < 1.29 is 14.7 Å². The van der Waals surface area contributed by atoms with E-state index in [1.165, 1.54) is 6.08 Å². The summed E-state index contributed by atoms with van der Waals surface area (Å²) in [6.45, 7) is 7.20. The monoisotopic (exact) mass is 256 g/mol. The minimum atomic E-state index is -1.04. The van der Waals surface area contributed by atoms with Crippen LogP contribution in [0.5, 0.6) is 0 Å². The van der Waals surface area contributed by atoms with Crippen LogP contribution in [0.25, 0.3) is 0 Å². The molecule has 0 radical (unpaired) electrons. The standard InChI is InChI=1S/C13H24N2O3/c1-4-6-11(13(17)18)15-12(16)9(2)7-5-8-10(3)14/h4,9-11H,1,5-8,14H2,2-3H3,(H,15,16)(H,17,18). The van der Waals surface area contributed by atoms with E-state index in [0.717, 1.165) is 12.8 Å². The minimum absolute atomic E-state index is 0.132. The smallest absolute Gasteiger partial charge is 0.326 e. The van der Waals surface area contributed by atoms with E-state index < -0.39 is 12.0 Å². The molecule has 104 valence electrons. The number of carboxylic acid groups (broad SMARTS) is 1. The van der Waals surface area contributed by atoms with Crippen LogP contribution in [0.3, 0.4) is 0 Å². The van der Waals surface area contributed by atoms with Crippen LogP contribution in [-0.4, -0.2) is 29.1 Å². The normalized spacial score (nSPS) is 15.5. The Morgan fingerprint density at radius 3 is 2.44 bits per heavy atom. The van der Waals surface area contributed by atoms with E-state index >= 15 is 0 Å². The summed E-state index contributed by atoms with van der Waals surface area (Å²) in [5.41, 5.74) is 5.63. The van der Waals surface area contributed by atoms with Gasteiger partial charge in [0.05, 0.1) is 0 Å². The van der Waals surface area contributed by atoms with Crippen LogP contribution < -0.4 is 11.1 Å². The lowest BCUT2D eigenvalue weighted by atomic mass is 10.0. The Labute approximate surface area is 108 Å². The molecule has 5 nitrogen and oxygen atoms in total.